The zero-order valence-electron chi connectivity index (χ0n) is 10.3. The van der Waals surface area contributed by atoms with Crippen LogP contribution in [0, 0.1) is 5.92 Å². The molecule has 2 aromatic rings. The highest BCUT2D eigenvalue weighted by Crippen LogP contribution is 2.11. The third kappa shape index (κ3) is 3.20. The quantitative estimate of drug-likeness (QED) is 0.871. The Kier molecular flexibility index (Phi) is 3.64. The number of hydrogen-bond acceptors (Lipinski definition) is 4. The Bertz CT molecular complexity index is 495. The first kappa shape index (κ1) is 11.9. The standard InChI is InChI=1S/C13H18N4/c1-9(2)7-10(14)8-11-3-4-12-13(17-11)16-6-5-15-12/h3-6,9-10H,7-8,14H2,1-2H3. The van der Waals surface area contributed by atoms with Crippen molar-refractivity contribution < 1.29 is 0 Å². The Morgan fingerprint density at radius 2 is 1.94 bits per heavy atom. The summed E-state index contributed by atoms with van der Waals surface area (Å²) < 4.78 is 0. The molecule has 1 atom stereocenters. The smallest absolute Gasteiger partial charge is 0.178 e. The molecule has 4 heteroatoms. The molecule has 0 saturated carbocycles. The molecule has 0 spiro atoms. The van der Waals surface area contributed by atoms with E-state index >= 15 is 0 Å². The average molecular weight is 230 g/mol. The van der Waals surface area contributed by atoms with E-state index in [1.165, 1.54) is 0 Å². The fourth-order valence-corrected chi connectivity index (χ4v) is 1.96. The summed E-state index contributed by atoms with van der Waals surface area (Å²) in [5, 5.41) is 0. The third-order valence-electron chi connectivity index (χ3n) is 2.63. The Morgan fingerprint density at radius 1 is 1.18 bits per heavy atom. The van der Waals surface area contributed by atoms with Crippen LogP contribution in [-0.4, -0.2) is 21.0 Å². The molecule has 2 N–H and O–H groups in total. The molecular weight excluding hydrogens is 212 g/mol. The third-order valence-corrected chi connectivity index (χ3v) is 2.63. The predicted molar refractivity (Wildman–Crippen MR) is 68.5 cm³/mol. The molecule has 0 saturated heterocycles. The van der Waals surface area contributed by atoms with Crippen molar-refractivity contribution in [1.82, 2.24) is 15.0 Å². The van der Waals surface area contributed by atoms with E-state index in [-0.39, 0.29) is 6.04 Å². The monoisotopic (exact) mass is 230 g/mol. The van der Waals surface area contributed by atoms with Gasteiger partial charge in [-0.15, -0.1) is 0 Å². The van der Waals surface area contributed by atoms with Gasteiger partial charge >= 0.3 is 0 Å². The van der Waals surface area contributed by atoms with E-state index in [1.54, 1.807) is 12.4 Å². The summed E-state index contributed by atoms with van der Waals surface area (Å²) in [6.07, 6.45) is 5.15. The molecule has 0 bridgehead atoms. The molecule has 2 heterocycles. The van der Waals surface area contributed by atoms with Crippen LogP contribution >= 0.6 is 0 Å². The van der Waals surface area contributed by atoms with Gasteiger partial charge < -0.3 is 5.73 Å². The maximum absolute atomic E-state index is 6.07. The summed E-state index contributed by atoms with van der Waals surface area (Å²) in [7, 11) is 0. The number of hydrogen-bond donors (Lipinski definition) is 1. The van der Waals surface area contributed by atoms with Gasteiger partial charge in [0.2, 0.25) is 0 Å². The van der Waals surface area contributed by atoms with E-state index in [0.717, 1.165) is 24.1 Å². The minimum atomic E-state index is 0.164. The Hall–Kier alpha value is -1.55. The van der Waals surface area contributed by atoms with Crippen LogP contribution in [0.25, 0.3) is 11.2 Å². The van der Waals surface area contributed by atoms with Crippen molar-refractivity contribution in [1.29, 1.82) is 0 Å². The summed E-state index contributed by atoms with van der Waals surface area (Å²) in [6, 6.07) is 4.10. The summed E-state index contributed by atoms with van der Waals surface area (Å²) in [6.45, 7) is 4.36. The molecule has 0 radical (unpaired) electrons. The molecule has 0 amide bonds. The van der Waals surface area contributed by atoms with Crippen LogP contribution in [-0.2, 0) is 6.42 Å². The molecule has 2 rings (SSSR count). The maximum atomic E-state index is 6.07. The van der Waals surface area contributed by atoms with Crippen molar-refractivity contribution in [2.45, 2.75) is 32.7 Å². The van der Waals surface area contributed by atoms with Crippen molar-refractivity contribution in [3.05, 3.63) is 30.2 Å². The van der Waals surface area contributed by atoms with E-state index in [9.17, 15) is 0 Å². The Balaban J connectivity index is 2.14. The molecule has 0 aliphatic heterocycles. The molecule has 0 aromatic carbocycles. The van der Waals surface area contributed by atoms with Gasteiger partial charge in [-0.1, -0.05) is 13.8 Å². The van der Waals surface area contributed by atoms with Gasteiger partial charge in [0.15, 0.2) is 5.65 Å². The summed E-state index contributed by atoms with van der Waals surface area (Å²) >= 11 is 0. The molecule has 2 aromatic heterocycles. The van der Waals surface area contributed by atoms with E-state index in [2.05, 4.69) is 28.8 Å². The second-order valence-electron chi connectivity index (χ2n) is 4.80. The van der Waals surface area contributed by atoms with Gasteiger partial charge in [0.1, 0.15) is 5.52 Å². The number of pyridine rings is 1. The van der Waals surface area contributed by atoms with Crippen LogP contribution in [0.3, 0.4) is 0 Å². The van der Waals surface area contributed by atoms with Crippen LogP contribution in [0.4, 0.5) is 0 Å². The zero-order valence-corrected chi connectivity index (χ0v) is 10.3. The molecular formula is C13H18N4. The molecule has 0 fully saturated rings. The Morgan fingerprint density at radius 3 is 2.71 bits per heavy atom. The van der Waals surface area contributed by atoms with Crippen LogP contribution in [0.15, 0.2) is 24.5 Å². The number of aromatic nitrogens is 3. The van der Waals surface area contributed by atoms with Crippen LogP contribution < -0.4 is 5.73 Å². The van der Waals surface area contributed by atoms with E-state index in [4.69, 9.17) is 5.73 Å². The lowest BCUT2D eigenvalue weighted by Crippen LogP contribution is -2.25. The molecule has 1 unspecified atom stereocenters. The fraction of sp³-hybridized carbons (Fsp3) is 0.462. The van der Waals surface area contributed by atoms with Crippen molar-refractivity contribution in [3.8, 4) is 0 Å². The molecule has 0 aliphatic carbocycles. The van der Waals surface area contributed by atoms with Gasteiger partial charge in [0, 0.05) is 30.6 Å². The highest BCUT2D eigenvalue weighted by atomic mass is 14.9. The van der Waals surface area contributed by atoms with Gasteiger partial charge in [0.25, 0.3) is 0 Å². The van der Waals surface area contributed by atoms with Crippen molar-refractivity contribution in [3.63, 3.8) is 0 Å². The second kappa shape index (κ2) is 5.19. The van der Waals surface area contributed by atoms with Crippen LogP contribution in [0.2, 0.25) is 0 Å². The van der Waals surface area contributed by atoms with Gasteiger partial charge in [0.05, 0.1) is 0 Å². The molecule has 17 heavy (non-hydrogen) atoms. The van der Waals surface area contributed by atoms with Crippen molar-refractivity contribution in [2.24, 2.45) is 11.7 Å². The first-order chi connectivity index (χ1) is 8.15. The molecule has 90 valence electrons. The summed E-state index contributed by atoms with van der Waals surface area (Å²) in [5.41, 5.74) is 8.59. The lowest BCUT2D eigenvalue weighted by Gasteiger charge is -2.13. The van der Waals surface area contributed by atoms with Crippen molar-refractivity contribution >= 4 is 11.2 Å². The largest absolute Gasteiger partial charge is 0.327 e. The summed E-state index contributed by atoms with van der Waals surface area (Å²) in [4.78, 5) is 12.9. The van der Waals surface area contributed by atoms with Crippen molar-refractivity contribution in [2.75, 3.05) is 0 Å². The van der Waals surface area contributed by atoms with E-state index in [1.807, 2.05) is 12.1 Å². The maximum Gasteiger partial charge on any atom is 0.178 e. The first-order valence-corrected chi connectivity index (χ1v) is 5.97. The zero-order chi connectivity index (χ0) is 12.3. The normalized spacial score (nSPS) is 13.2. The minimum Gasteiger partial charge on any atom is -0.327 e. The number of nitrogens with zero attached hydrogens (tertiary/aromatic N) is 3. The highest BCUT2D eigenvalue weighted by molar-refractivity contribution is 5.68. The second-order valence-corrected chi connectivity index (χ2v) is 4.80. The van der Waals surface area contributed by atoms with Gasteiger partial charge in [-0.3, -0.25) is 4.98 Å². The number of rotatable bonds is 4. The van der Waals surface area contributed by atoms with E-state index < -0.39 is 0 Å². The average Bonchev–Trinajstić information content (AvgIpc) is 2.27. The molecule has 4 nitrogen and oxygen atoms in total. The van der Waals surface area contributed by atoms with Crippen LogP contribution in [0.1, 0.15) is 26.0 Å². The summed E-state index contributed by atoms with van der Waals surface area (Å²) in [5.74, 6) is 0.616. The molecule has 0 aliphatic rings. The number of fused-ring (bicyclic) bond motifs is 1. The number of nitrogens with two attached hydrogens (primary N) is 1. The van der Waals surface area contributed by atoms with Crippen LogP contribution in [0.5, 0.6) is 0 Å². The van der Waals surface area contributed by atoms with Gasteiger partial charge in [-0.05, 0) is 24.5 Å². The van der Waals surface area contributed by atoms with Gasteiger partial charge in [-0.25, -0.2) is 9.97 Å². The first-order valence-electron chi connectivity index (χ1n) is 5.97. The minimum absolute atomic E-state index is 0.164. The SMILES string of the molecule is CC(C)CC(N)Cc1ccc2nccnc2n1. The van der Waals surface area contributed by atoms with E-state index in [0.29, 0.717) is 11.6 Å². The lowest BCUT2D eigenvalue weighted by atomic mass is 10.0. The highest BCUT2D eigenvalue weighted by Gasteiger charge is 2.08. The fourth-order valence-electron chi connectivity index (χ4n) is 1.96. The Labute approximate surface area is 101 Å². The van der Waals surface area contributed by atoms with Gasteiger partial charge in [-0.2, -0.15) is 0 Å². The predicted octanol–water partition coefficient (Wildman–Crippen LogP) is 1.94. The lowest BCUT2D eigenvalue weighted by molar-refractivity contribution is 0.491. The topological polar surface area (TPSA) is 64.7 Å².